The second-order valence-electron chi connectivity index (χ2n) is 2.53. The molecule has 0 aromatic carbocycles. The summed E-state index contributed by atoms with van der Waals surface area (Å²) in [4.78, 5) is 15.1. The maximum atomic E-state index is 10.5. The van der Waals surface area contributed by atoms with Crippen LogP contribution in [0.5, 0.6) is 0 Å². The Morgan fingerprint density at radius 1 is 1.54 bits per heavy atom. The monoisotopic (exact) mass is 201 g/mol. The van der Waals surface area contributed by atoms with Crippen LogP contribution in [0.1, 0.15) is 49.0 Å². The average molecular weight is 201 g/mol. The highest BCUT2D eigenvalue weighted by atomic mass is 32.1. The second-order valence-corrected chi connectivity index (χ2v) is 3.41. The van der Waals surface area contributed by atoms with Gasteiger partial charge < -0.3 is 5.11 Å². The van der Waals surface area contributed by atoms with Gasteiger partial charge in [-0.15, -0.1) is 11.3 Å². The Morgan fingerprint density at radius 3 is 2.38 bits per heavy atom. The van der Waals surface area contributed by atoms with E-state index in [1.807, 2.05) is 27.7 Å². The van der Waals surface area contributed by atoms with Crippen LogP contribution < -0.4 is 0 Å². The molecule has 0 radical (unpaired) electrons. The van der Waals surface area contributed by atoms with Gasteiger partial charge in [-0.2, -0.15) is 0 Å². The molecule has 1 aromatic heterocycles. The summed E-state index contributed by atoms with van der Waals surface area (Å²) in [7, 11) is 0. The number of rotatable bonds is 2. The van der Waals surface area contributed by atoms with Gasteiger partial charge in [0.1, 0.15) is 0 Å². The summed E-state index contributed by atoms with van der Waals surface area (Å²) < 4.78 is 0. The van der Waals surface area contributed by atoms with Gasteiger partial charge in [-0.25, -0.2) is 9.78 Å². The van der Waals surface area contributed by atoms with E-state index in [9.17, 15) is 4.79 Å². The summed E-state index contributed by atoms with van der Waals surface area (Å²) in [6.45, 7) is 7.92. The fourth-order valence-electron chi connectivity index (χ4n) is 0.825. The maximum absolute atomic E-state index is 10.5. The van der Waals surface area contributed by atoms with E-state index in [-0.39, 0.29) is 11.6 Å². The maximum Gasteiger partial charge on any atom is 0.355 e. The number of nitrogens with zero attached hydrogens (tertiary/aromatic N) is 1. The summed E-state index contributed by atoms with van der Waals surface area (Å²) in [5.74, 6) is -0.691. The molecule has 4 heteroatoms. The number of carboxylic acid groups (broad SMARTS) is 1. The number of aromatic carboxylic acids is 1. The van der Waals surface area contributed by atoms with Crippen molar-refractivity contribution in [3.8, 4) is 0 Å². The molecule has 1 N–H and O–H groups in total. The fourth-order valence-corrected chi connectivity index (χ4v) is 1.62. The standard InChI is InChI=1S/C7H9NO2S.C2H6/c1-4(2)6-5(7(9)10)8-3-11-6;1-2/h3-4H,1-2H3,(H,9,10);1-2H3. The Balaban J connectivity index is 0.000000671. The zero-order valence-corrected chi connectivity index (χ0v) is 9.18. The first-order valence-corrected chi connectivity index (χ1v) is 5.17. The minimum Gasteiger partial charge on any atom is -0.476 e. The highest BCUT2D eigenvalue weighted by Gasteiger charge is 2.15. The molecule has 0 unspecified atom stereocenters. The summed E-state index contributed by atoms with van der Waals surface area (Å²) >= 11 is 1.39. The number of aromatic nitrogens is 1. The van der Waals surface area contributed by atoms with Gasteiger partial charge in [0, 0.05) is 4.88 Å². The summed E-state index contributed by atoms with van der Waals surface area (Å²) in [6, 6.07) is 0. The summed E-state index contributed by atoms with van der Waals surface area (Å²) in [5.41, 5.74) is 1.77. The van der Waals surface area contributed by atoms with Crippen LogP contribution in [0.4, 0.5) is 0 Å². The van der Waals surface area contributed by atoms with Gasteiger partial charge in [0.05, 0.1) is 5.51 Å². The lowest BCUT2D eigenvalue weighted by molar-refractivity contribution is 0.0690. The molecule has 0 bridgehead atoms. The van der Waals surface area contributed by atoms with Gasteiger partial charge in [0.15, 0.2) is 5.69 Å². The van der Waals surface area contributed by atoms with E-state index in [0.29, 0.717) is 0 Å². The molecule has 0 saturated heterocycles. The average Bonchev–Trinajstić information content (AvgIpc) is 2.55. The molecular formula is C9H15NO2S. The molecular weight excluding hydrogens is 186 g/mol. The normalized spacial score (nSPS) is 9.31. The van der Waals surface area contributed by atoms with E-state index >= 15 is 0 Å². The van der Waals surface area contributed by atoms with Gasteiger partial charge in [-0.05, 0) is 5.92 Å². The molecule has 1 rings (SSSR count). The lowest BCUT2D eigenvalue weighted by atomic mass is 10.1. The molecule has 0 fully saturated rings. The van der Waals surface area contributed by atoms with E-state index in [2.05, 4.69) is 4.98 Å². The van der Waals surface area contributed by atoms with Crippen LogP contribution >= 0.6 is 11.3 Å². The van der Waals surface area contributed by atoms with Crippen molar-refractivity contribution in [1.82, 2.24) is 4.98 Å². The number of carbonyl (C=O) groups is 1. The van der Waals surface area contributed by atoms with Gasteiger partial charge >= 0.3 is 5.97 Å². The molecule has 3 nitrogen and oxygen atoms in total. The highest BCUT2D eigenvalue weighted by molar-refractivity contribution is 7.10. The van der Waals surface area contributed by atoms with Crippen molar-refractivity contribution < 1.29 is 9.90 Å². The SMILES string of the molecule is CC.CC(C)c1scnc1C(=O)O. The number of hydrogen-bond donors (Lipinski definition) is 1. The molecule has 0 aliphatic carbocycles. The Bertz CT molecular complexity index is 268. The zero-order chi connectivity index (χ0) is 10.4. The van der Waals surface area contributed by atoms with Crippen LogP contribution in [-0.2, 0) is 0 Å². The quantitative estimate of drug-likeness (QED) is 0.800. The number of carboxylic acids is 1. The Hall–Kier alpha value is -0.900. The molecule has 0 spiro atoms. The fraction of sp³-hybridized carbons (Fsp3) is 0.556. The highest BCUT2D eigenvalue weighted by Crippen LogP contribution is 2.22. The molecule has 0 amide bonds. The molecule has 74 valence electrons. The van der Waals surface area contributed by atoms with Crippen LogP contribution in [0.2, 0.25) is 0 Å². The van der Waals surface area contributed by atoms with Gasteiger partial charge in [-0.3, -0.25) is 0 Å². The Kier molecular flexibility index (Phi) is 5.30. The molecule has 0 aliphatic heterocycles. The van der Waals surface area contributed by atoms with Crippen molar-refractivity contribution >= 4 is 17.3 Å². The minimum absolute atomic E-state index is 0.199. The van der Waals surface area contributed by atoms with E-state index in [1.54, 1.807) is 5.51 Å². The van der Waals surface area contributed by atoms with Crippen molar-refractivity contribution in [2.24, 2.45) is 0 Å². The first kappa shape index (κ1) is 12.1. The smallest absolute Gasteiger partial charge is 0.355 e. The molecule has 0 saturated carbocycles. The van der Waals surface area contributed by atoms with Gasteiger partial charge in [0.25, 0.3) is 0 Å². The Morgan fingerprint density at radius 2 is 2.08 bits per heavy atom. The van der Waals surface area contributed by atoms with E-state index in [0.717, 1.165) is 4.88 Å². The molecule has 13 heavy (non-hydrogen) atoms. The second kappa shape index (κ2) is 5.70. The summed E-state index contributed by atoms with van der Waals surface area (Å²) in [5, 5.41) is 8.65. The van der Waals surface area contributed by atoms with Crippen molar-refractivity contribution in [3.05, 3.63) is 16.1 Å². The predicted molar refractivity (Wildman–Crippen MR) is 54.5 cm³/mol. The van der Waals surface area contributed by atoms with Crippen LogP contribution in [-0.4, -0.2) is 16.1 Å². The number of thiazole rings is 1. The first-order valence-electron chi connectivity index (χ1n) is 4.29. The summed E-state index contributed by atoms with van der Waals surface area (Å²) in [6.07, 6.45) is 0. The van der Waals surface area contributed by atoms with Crippen LogP contribution in [0.15, 0.2) is 5.51 Å². The van der Waals surface area contributed by atoms with E-state index < -0.39 is 5.97 Å². The van der Waals surface area contributed by atoms with Gasteiger partial charge in [0.2, 0.25) is 0 Å². The molecule has 0 atom stereocenters. The third kappa shape index (κ3) is 3.14. The third-order valence-electron chi connectivity index (χ3n) is 1.32. The molecule has 1 aromatic rings. The Labute approximate surface area is 82.4 Å². The van der Waals surface area contributed by atoms with Crippen LogP contribution in [0.3, 0.4) is 0 Å². The largest absolute Gasteiger partial charge is 0.476 e. The van der Waals surface area contributed by atoms with Crippen molar-refractivity contribution in [2.45, 2.75) is 33.6 Å². The lowest BCUT2D eigenvalue weighted by Gasteiger charge is -1.99. The molecule has 0 aliphatic rings. The predicted octanol–water partition coefficient (Wildman–Crippen LogP) is 2.99. The van der Waals surface area contributed by atoms with E-state index in [4.69, 9.17) is 5.11 Å². The zero-order valence-electron chi connectivity index (χ0n) is 8.37. The lowest BCUT2D eigenvalue weighted by Crippen LogP contribution is -2.01. The number of hydrogen-bond acceptors (Lipinski definition) is 3. The van der Waals surface area contributed by atoms with Crippen molar-refractivity contribution in [3.63, 3.8) is 0 Å². The first-order chi connectivity index (χ1) is 6.13. The van der Waals surface area contributed by atoms with Crippen LogP contribution in [0.25, 0.3) is 0 Å². The minimum atomic E-state index is -0.935. The van der Waals surface area contributed by atoms with Crippen LogP contribution in [0, 0.1) is 0 Å². The van der Waals surface area contributed by atoms with Crippen molar-refractivity contribution in [1.29, 1.82) is 0 Å². The third-order valence-corrected chi connectivity index (χ3v) is 2.45. The topological polar surface area (TPSA) is 50.2 Å². The van der Waals surface area contributed by atoms with Gasteiger partial charge in [-0.1, -0.05) is 27.7 Å². The molecule has 1 heterocycles. The van der Waals surface area contributed by atoms with Crippen molar-refractivity contribution in [2.75, 3.05) is 0 Å². The van der Waals surface area contributed by atoms with E-state index in [1.165, 1.54) is 11.3 Å².